The van der Waals surface area contributed by atoms with Crippen molar-refractivity contribution in [3.63, 3.8) is 0 Å². The minimum atomic E-state index is 0.919. The lowest BCUT2D eigenvalue weighted by molar-refractivity contribution is 1.27. The highest BCUT2D eigenvalue weighted by Crippen LogP contribution is 2.53. The van der Waals surface area contributed by atoms with E-state index in [2.05, 4.69) is 479 Å². The zero-order valence-corrected chi connectivity index (χ0v) is 78.5. The summed E-state index contributed by atoms with van der Waals surface area (Å²) in [6, 6.07) is 184. The van der Waals surface area contributed by atoms with Crippen molar-refractivity contribution in [2.75, 3.05) is 0 Å². The fourth-order valence-electron chi connectivity index (χ4n) is 21.9. The standard InChI is InChI=1S/C138H88N6/c1-5-34-89(35-6-1)125-84-95(131-56-25-29-72-139-131)62-66-117(125)113-50-21-17-46-109(113)101-76-99(77-102(80-101)110-47-18-22-51-114(110)118-67-63-96(132-57-26-30-73-140-132)85-126(118)90-36-7-2-8-37-90)107-44-15-13-42-105(107)93-60-70-123-129(82-93)121-54-33-55-122-130-83-94(61-71-124(130)138-136(135(121)122)137(123)143-88-144-138)106-43-14-16-45-108(106)100-78-103(111-48-19-23-52-115(111)119-68-64-97(133-58-27-31-74-141-133)86-127(119)91-38-9-3-10-39-91)81-104(79-100)112-49-20-24-53-116(112)120-69-65-98(134-59-28-32-75-142-134)87-128(120)92-40-11-4-12-41-92/h1-88H. The van der Waals surface area contributed by atoms with Crippen LogP contribution in [0.15, 0.2) is 535 Å². The van der Waals surface area contributed by atoms with Gasteiger partial charge in [0.15, 0.2) is 0 Å². The smallest absolute Gasteiger partial charge is 0.116 e. The molecule has 26 rings (SSSR count). The summed E-state index contributed by atoms with van der Waals surface area (Å²) >= 11 is 0. The predicted octanol–water partition coefficient (Wildman–Crippen LogP) is 36.6. The highest BCUT2D eigenvalue weighted by Gasteiger charge is 2.27. The topological polar surface area (TPSA) is 77.3 Å². The van der Waals surface area contributed by atoms with Crippen LogP contribution >= 0.6 is 0 Å². The van der Waals surface area contributed by atoms with Crippen LogP contribution in [0.1, 0.15) is 0 Å². The third kappa shape index (κ3) is 15.7. The molecule has 6 nitrogen and oxygen atoms in total. The second-order valence-corrected chi connectivity index (χ2v) is 36.9. The Morgan fingerprint density at radius 2 is 0.326 bits per heavy atom. The summed E-state index contributed by atoms with van der Waals surface area (Å²) in [7, 11) is 0. The van der Waals surface area contributed by atoms with Gasteiger partial charge in [0.05, 0.1) is 33.8 Å². The maximum Gasteiger partial charge on any atom is 0.116 e. The molecule has 5 aromatic heterocycles. The van der Waals surface area contributed by atoms with Gasteiger partial charge >= 0.3 is 0 Å². The molecule has 6 heteroatoms. The van der Waals surface area contributed by atoms with Crippen molar-refractivity contribution >= 4 is 54.1 Å². The van der Waals surface area contributed by atoms with E-state index in [1.54, 1.807) is 6.33 Å². The Morgan fingerprint density at radius 1 is 0.104 bits per heavy atom. The van der Waals surface area contributed by atoms with E-state index in [1.807, 2.05) is 49.1 Å². The van der Waals surface area contributed by atoms with Gasteiger partial charge in [0.25, 0.3) is 0 Å². The van der Waals surface area contributed by atoms with Crippen molar-refractivity contribution in [1.29, 1.82) is 0 Å². The van der Waals surface area contributed by atoms with Crippen LogP contribution in [0.2, 0.25) is 0 Å². The number of aromatic nitrogens is 6. The van der Waals surface area contributed by atoms with Crippen molar-refractivity contribution in [3.05, 3.63) is 535 Å². The maximum absolute atomic E-state index is 5.31. The number of nitrogens with zero attached hydrogens (tertiary/aromatic N) is 6. The van der Waals surface area contributed by atoms with Gasteiger partial charge in [0.2, 0.25) is 0 Å². The Kier molecular flexibility index (Phi) is 21.9. The van der Waals surface area contributed by atoms with Crippen LogP contribution in [0.4, 0.5) is 0 Å². The molecule has 0 aliphatic carbocycles. The number of hydrogen-bond donors (Lipinski definition) is 0. The molecule has 0 saturated carbocycles. The molecule has 0 radical (unpaired) electrons. The Hall–Kier alpha value is -19.1. The third-order valence-electron chi connectivity index (χ3n) is 28.6. The minimum Gasteiger partial charge on any atom is -0.256 e. The molecule has 0 fully saturated rings. The fraction of sp³-hybridized carbons (Fsp3) is 0. The van der Waals surface area contributed by atoms with Gasteiger partial charge in [-0.15, -0.1) is 0 Å². The first-order chi connectivity index (χ1) is 71.4. The number of fused-ring (bicyclic) bond motifs is 6. The first kappa shape index (κ1) is 85.3. The number of hydrogen-bond acceptors (Lipinski definition) is 6. The number of rotatable bonds is 20. The van der Waals surface area contributed by atoms with E-state index >= 15 is 0 Å². The molecule has 0 saturated heterocycles. The first-order valence-electron chi connectivity index (χ1n) is 49.0. The molecular weight excluding hydrogens is 1740 g/mol. The van der Waals surface area contributed by atoms with Gasteiger partial charge in [-0.2, -0.15) is 0 Å². The number of benzene rings is 21. The zero-order valence-electron chi connectivity index (χ0n) is 78.5. The second-order valence-electron chi connectivity index (χ2n) is 36.9. The van der Waals surface area contributed by atoms with Gasteiger partial charge in [-0.3, -0.25) is 19.9 Å². The lowest BCUT2D eigenvalue weighted by atomic mass is 9.83. The van der Waals surface area contributed by atoms with Crippen molar-refractivity contribution in [2.45, 2.75) is 0 Å². The molecule has 0 bridgehead atoms. The van der Waals surface area contributed by atoms with Gasteiger partial charge in [-0.25, -0.2) is 9.97 Å². The molecule has 21 aromatic carbocycles. The Morgan fingerprint density at radius 3 is 0.583 bits per heavy atom. The summed E-state index contributed by atoms with van der Waals surface area (Å²) in [6.07, 6.45) is 9.25. The molecule has 0 aliphatic heterocycles. The summed E-state index contributed by atoms with van der Waals surface area (Å²) in [5.41, 5.74) is 45.1. The number of pyridine rings is 4. The molecular formula is C138H88N6. The first-order valence-corrected chi connectivity index (χ1v) is 49.0. The van der Waals surface area contributed by atoms with E-state index in [0.717, 1.165) is 277 Å². The largest absolute Gasteiger partial charge is 0.256 e. The van der Waals surface area contributed by atoms with Crippen molar-refractivity contribution in [3.8, 4) is 223 Å². The van der Waals surface area contributed by atoms with E-state index in [0.29, 0.717) is 0 Å². The van der Waals surface area contributed by atoms with Crippen LogP contribution in [0.5, 0.6) is 0 Å². The van der Waals surface area contributed by atoms with E-state index in [1.165, 1.54) is 0 Å². The van der Waals surface area contributed by atoms with Gasteiger partial charge in [-0.1, -0.05) is 382 Å². The highest BCUT2D eigenvalue weighted by atomic mass is 14.8. The van der Waals surface area contributed by atoms with Gasteiger partial charge in [0, 0.05) is 68.6 Å². The molecule has 0 N–H and O–H groups in total. The molecule has 0 atom stereocenters. The van der Waals surface area contributed by atoms with Crippen LogP contribution < -0.4 is 0 Å². The Balaban J connectivity index is 0.636. The van der Waals surface area contributed by atoms with Crippen LogP contribution in [-0.2, 0) is 0 Å². The van der Waals surface area contributed by atoms with E-state index in [-0.39, 0.29) is 0 Å². The van der Waals surface area contributed by atoms with Crippen LogP contribution in [0.25, 0.3) is 277 Å². The van der Waals surface area contributed by atoms with Crippen molar-refractivity contribution < 1.29 is 0 Å². The Labute approximate surface area is 835 Å². The quantitative estimate of drug-likeness (QED) is 0.0559. The fourth-order valence-corrected chi connectivity index (χ4v) is 21.9. The summed E-state index contributed by atoms with van der Waals surface area (Å²) in [6.45, 7) is 0. The minimum absolute atomic E-state index is 0.919. The van der Waals surface area contributed by atoms with E-state index < -0.39 is 0 Å². The van der Waals surface area contributed by atoms with Gasteiger partial charge in [-0.05, 0) is 321 Å². The summed E-state index contributed by atoms with van der Waals surface area (Å²) < 4.78 is 0. The zero-order chi connectivity index (χ0) is 95.3. The molecule has 0 unspecified atom stereocenters. The average molecular weight is 1830 g/mol. The monoisotopic (exact) mass is 1830 g/mol. The van der Waals surface area contributed by atoms with Crippen LogP contribution in [0, 0.1) is 0 Å². The second kappa shape index (κ2) is 37.0. The summed E-state index contributed by atoms with van der Waals surface area (Å²) in [5.74, 6) is 0. The van der Waals surface area contributed by atoms with Crippen molar-refractivity contribution in [1.82, 2.24) is 29.9 Å². The Bertz CT molecular complexity index is 8490. The predicted molar refractivity (Wildman–Crippen MR) is 601 cm³/mol. The molecule has 0 spiro atoms. The van der Waals surface area contributed by atoms with Crippen LogP contribution in [-0.4, -0.2) is 29.9 Å². The lowest BCUT2D eigenvalue weighted by Crippen LogP contribution is -1.95. The molecule has 144 heavy (non-hydrogen) atoms. The van der Waals surface area contributed by atoms with Crippen LogP contribution in [0.3, 0.4) is 0 Å². The lowest BCUT2D eigenvalue weighted by Gasteiger charge is -2.20. The van der Waals surface area contributed by atoms with Gasteiger partial charge < -0.3 is 0 Å². The van der Waals surface area contributed by atoms with Gasteiger partial charge in [0.1, 0.15) is 6.33 Å². The molecule has 26 aromatic rings. The normalized spacial score (nSPS) is 11.5. The highest BCUT2D eigenvalue weighted by molar-refractivity contribution is 6.39. The third-order valence-corrected chi connectivity index (χ3v) is 28.6. The SMILES string of the molecule is c1ccc(-c2cc(-c3ccccn3)ccc2-c2ccccc2-c2cc(-c3ccccc3-c3ccc4c(c3)c3cccc5c6cc(-c7ccccc7-c7cc(-c8ccccc8-c8ccc(-c9ccccn9)cc8-c8ccccc8)cc(-c8ccccc8-c8ccc(-c9ccccn9)cc8-c8ccccc8)c7)ccc6c6ncnc4c6c35)cc(-c3ccccc3-c3ccc(-c4ccccn4)cc3-c3ccccc3)c2)cc1. The summed E-state index contributed by atoms with van der Waals surface area (Å²) in [5, 5.41) is 8.81. The van der Waals surface area contributed by atoms with E-state index in [4.69, 9.17) is 29.9 Å². The molecule has 670 valence electrons. The van der Waals surface area contributed by atoms with Crippen molar-refractivity contribution in [2.24, 2.45) is 0 Å². The maximum atomic E-state index is 5.31. The van der Waals surface area contributed by atoms with E-state index in [9.17, 15) is 0 Å². The summed E-state index contributed by atoms with van der Waals surface area (Å²) in [4.78, 5) is 30.0. The molecule has 5 heterocycles. The average Bonchev–Trinajstić information content (AvgIpc) is 0.697. The molecule has 0 aliphatic rings. The molecule has 0 amide bonds.